The van der Waals surface area contributed by atoms with E-state index in [1.807, 2.05) is 23.6 Å². The minimum absolute atomic E-state index is 0.564. The van der Waals surface area contributed by atoms with Gasteiger partial charge in [0.15, 0.2) is 0 Å². The van der Waals surface area contributed by atoms with E-state index < -0.39 is 0 Å². The maximum Gasteiger partial charge on any atom is 0.213 e. The summed E-state index contributed by atoms with van der Waals surface area (Å²) in [7, 11) is 1.59. The van der Waals surface area contributed by atoms with Gasteiger partial charge in [0.2, 0.25) is 5.88 Å². The Hall–Kier alpha value is -1.62. The van der Waals surface area contributed by atoms with Gasteiger partial charge in [-0.3, -0.25) is 0 Å². The second-order valence-electron chi connectivity index (χ2n) is 4.25. The molecule has 21 heavy (non-hydrogen) atoms. The number of pyridine rings is 1. The Balaban J connectivity index is 1.99. The van der Waals surface area contributed by atoms with Crippen molar-refractivity contribution in [1.82, 2.24) is 9.97 Å². The molecule has 0 aliphatic heterocycles. The molecule has 0 radical (unpaired) electrons. The smallest absolute Gasteiger partial charge is 0.213 e. The lowest BCUT2D eigenvalue weighted by atomic mass is 10.2. The lowest BCUT2D eigenvalue weighted by Gasteiger charge is -2.02. The van der Waals surface area contributed by atoms with Crippen molar-refractivity contribution in [1.29, 1.82) is 0 Å². The van der Waals surface area contributed by atoms with E-state index in [4.69, 9.17) is 27.9 Å². The highest BCUT2D eigenvalue weighted by Crippen LogP contribution is 2.34. The van der Waals surface area contributed by atoms with Crippen LogP contribution in [-0.4, -0.2) is 17.1 Å². The number of aromatic nitrogens is 2. The highest BCUT2D eigenvalue weighted by molar-refractivity contribution is 7.13. The SMILES string of the molecule is COc1cc(-c2nc(-c3ccc(Cl)cc3Cl)cs2)ccn1. The minimum atomic E-state index is 0.564. The molecule has 1 aromatic carbocycles. The molecule has 0 amide bonds. The molecule has 0 N–H and O–H groups in total. The highest BCUT2D eigenvalue weighted by Gasteiger charge is 2.10. The molecule has 0 saturated carbocycles. The largest absolute Gasteiger partial charge is 0.481 e. The summed E-state index contributed by atoms with van der Waals surface area (Å²) in [5, 5.41) is 4.05. The van der Waals surface area contributed by atoms with E-state index in [1.54, 1.807) is 36.8 Å². The molecule has 0 fully saturated rings. The predicted octanol–water partition coefficient (Wildman–Crippen LogP) is 5.19. The normalized spacial score (nSPS) is 10.6. The summed E-state index contributed by atoms with van der Waals surface area (Å²) >= 11 is 13.7. The van der Waals surface area contributed by atoms with Crippen LogP contribution >= 0.6 is 34.5 Å². The first-order valence-electron chi connectivity index (χ1n) is 6.09. The summed E-state index contributed by atoms with van der Waals surface area (Å²) in [6.07, 6.45) is 1.70. The molecule has 3 aromatic rings. The van der Waals surface area contributed by atoms with E-state index in [9.17, 15) is 0 Å². The van der Waals surface area contributed by atoms with Gasteiger partial charge in [-0.2, -0.15) is 0 Å². The van der Waals surface area contributed by atoms with Crippen molar-refractivity contribution < 1.29 is 4.74 Å². The Morgan fingerprint density at radius 2 is 2.00 bits per heavy atom. The summed E-state index contributed by atoms with van der Waals surface area (Å²) in [4.78, 5) is 8.72. The third kappa shape index (κ3) is 3.02. The van der Waals surface area contributed by atoms with Gasteiger partial charge >= 0.3 is 0 Å². The Morgan fingerprint density at radius 3 is 2.76 bits per heavy atom. The molecule has 0 bridgehead atoms. The fraction of sp³-hybridized carbons (Fsp3) is 0.0667. The van der Waals surface area contributed by atoms with Gasteiger partial charge in [-0.05, 0) is 24.3 Å². The third-order valence-electron chi connectivity index (χ3n) is 2.90. The maximum absolute atomic E-state index is 6.22. The summed E-state index contributed by atoms with van der Waals surface area (Å²) < 4.78 is 5.13. The third-order valence-corrected chi connectivity index (χ3v) is 4.34. The van der Waals surface area contributed by atoms with Crippen LogP contribution in [0.25, 0.3) is 21.8 Å². The molecule has 106 valence electrons. The summed E-state index contributed by atoms with van der Waals surface area (Å²) in [6, 6.07) is 9.14. The van der Waals surface area contributed by atoms with Gasteiger partial charge in [-0.25, -0.2) is 9.97 Å². The van der Waals surface area contributed by atoms with Gasteiger partial charge in [-0.15, -0.1) is 11.3 Å². The van der Waals surface area contributed by atoms with Crippen LogP contribution in [0.3, 0.4) is 0 Å². The van der Waals surface area contributed by atoms with Gasteiger partial charge in [-0.1, -0.05) is 23.2 Å². The lowest BCUT2D eigenvalue weighted by molar-refractivity contribution is 0.398. The highest BCUT2D eigenvalue weighted by atomic mass is 35.5. The number of ether oxygens (including phenoxy) is 1. The van der Waals surface area contributed by atoms with E-state index in [0.717, 1.165) is 21.8 Å². The van der Waals surface area contributed by atoms with Crippen molar-refractivity contribution in [3.05, 3.63) is 52.0 Å². The molecule has 0 aliphatic rings. The summed E-state index contributed by atoms with van der Waals surface area (Å²) in [5.74, 6) is 0.564. The van der Waals surface area contributed by atoms with Gasteiger partial charge in [0, 0.05) is 33.8 Å². The van der Waals surface area contributed by atoms with Crippen LogP contribution in [0, 0.1) is 0 Å². The Bertz CT molecular complexity index is 789. The monoisotopic (exact) mass is 336 g/mol. The van der Waals surface area contributed by atoms with E-state index in [0.29, 0.717) is 15.9 Å². The zero-order valence-corrected chi connectivity index (χ0v) is 13.3. The van der Waals surface area contributed by atoms with E-state index in [1.165, 1.54) is 0 Å². The summed E-state index contributed by atoms with van der Waals surface area (Å²) in [6.45, 7) is 0. The minimum Gasteiger partial charge on any atom is -0.481 e. The van der Waals surface area contributed by atoms with Crippen molar-refractivity contribution in [3.63, 3.8) is 0 Å². The number of hydrogen-bond donors (Lipinski definition) is 0. The molecule has 2 heterocycles. The molecule has 2 aromatic heterocycles. The van der Waals surface area contributed by atoms with E-state index >= 15 is 0 Å². The second kappa shape index (κ2) is 6.02. The Morgan fingerprint density at radius 1 is 1.14 bits per heavy atom. The summed E-state index contributed by atoms with van der Waals surface area (Å²) in [5.41, 5.74) is 2.65. The molecule has 0 saturated heterocycles. The molecular formula is C15H10Cl2N2OS. The second-order valence-corrected chi connectivity index (χ2v) is 5.95. The van der Waals surface area contributed by atoms with Gasteiger partial charge in [0.05, 0.1) is 17.8 Å². The Kier molecular flexibility index (Phi) is 4.10. The van der Waals surface area contributed by atoms with Crippen molar-refractivity contribution in [2.24, 2.45) is 0 Å². The van der Waals surface area contributed by atoms with E-state index in [2.05, 4.69) is 9.97 Å². The molecule has 0 atom stereocenters. The first kappa shape index (κ1) is 14.3. The number of methoxy groups -OCH3 is 1. The lowest BCUT2D eigenvalue weighted by Crippen LogP contribution is -1.87. The molecule has 0 aliphatic carbocycles. The molecule has 3 rings (SSSR count). The average molecular weight is 337 g/mol. The quantitative estimate of drug-likeness (QED) is 0.660. The number of nitrogens with zero attached hydrogens (tertiary/aromatic N) is 2. The molecular weight excluding hydrogens is 327 g/mol. The van der Waals surface area contributed by atoms with Gasteiger partial charge < -0.3 is 4.74 Å². The van der Waals surface area contributed by atoms with Crippen molar-refractivity contribution in [2.45, 2.75) is 0 Å². The fourth-order valence-electron chi connectivity index (χ4n) is 1.88. The zero-order valence-electron chi connectivity index (χ0n) is 11.0. The van der Waals surface area contributed by atoms with Crippen LogP contribution in [0.15, 0.2) is 41.9 Å². The number of benzene rings is 1. The number of halogens is 2. The molecule has 0 unspecified atom stereocenters. The van der Waals surface area contributed by atoms with Crippen molar-refractivity contribution in [2.75, 3.05) is 7.11 Å². The van der Waals surface area contributed by atoms with Gasteiger partial charge in [0.25, 0.3) is 0 Å². The van der Waals surface area contributed by atoms with Crippen LogP contribution in [0.4, 0.5) is 0 Å². The molecule has 0 spiro atoms. The van der Waals surface area contributed by atoms with Crippen LogP contribution in [-0.2, 0) is 0 Å². The molecule has 3 nitrogen and oxygen atoms in total. The number of thiazole rings is 1. The first-order valence-corrected chi connectivity index (χ1v) is 7.72. The van der Waals surface area contributed by atoms with Gasteiger partial charge in [0.1, 0.15) is 5.01 Å². The predicted molar refractivity (Wildman–Crippen MR) is 87.4 cm³/mol. The van der Waals surface area contributed by atoms with Crippen LogP contribution in [0.1, 0.15) is 0 Å². The number of rotatable bonds is 3. The fourth-order valence-corrected chi connectivity index (χ4v) is 3.20. The van der Waals surface area contributed by atoms with Crippen LogP contribution in [0.5, 0.6) is 5.88 Å². The standard InChI is InChI=1S/C15H10Cl2N2OS/c1-20-14-6-9(4-5-18-14)15-19-13(8-21-15)11-3-2-10(16)7-12(11)17/h2-8H,1H3. The number of hydrogen-bond acceptors (Lipinski definition) is 4. The topological polar surface area (TPSA) is 35.0 Å². The van der Waals surface area contributed by atoms with E-state index in [-0.39, 0.29) is 0 Å². The Labute approximate surface area is 136 Å². The zero-order chi connectivity index (χ0) is 14.8. The maximum atomic E-state index is 6.22. The van der Waals surface area contributed by atoms with Crippen LogP contribution < -0.4 is 4.74 Å². The van der Waals surface area contributed by atoms with Crippen molar-refractivity contribution >= 4 is 34.5 Å². The van der Waals surface area contributed by atoms with Crippen molar-refractivity contribution in [3.8, 4) is 27.7 Å². The molecule has 6 heteroatoms. The first-order chi connectivity index (χ1) is 10.2. The van der Waals surface area contributed by atoms with Crippen LogP contribution in [0.2, 0.25) is 10.0 Å². The average Bonchev–Trinajstić information content (AvgIpc) is 2.97.